The summed E-state index contributed by atoms with van der Waals surface area (Å²) in [6.07, 6.45) is 0.433. The Kier molecular flexibility index (Phi) is 8.47. The van der Waals surface area contributed by atoms with Gasteiger partial charge >= 0.3 is 6.03 Å². The topological polar surface area (TPSA) is 59.6 Å². The van der Waals surface area contributed by atoms with Crippen LogP contribution in [0.3, 0.4) is 0 Å². The predicted octanol–water partition coefficient (Wildman–Crippen LogP) is 2.24. The van der Waals surface area contributed by atoms with Gasteiger partial charge in [-0.1, -0.05) is 24.3 Å². The van der Waals surface area contributed by atoms with E-state index >= 15 is 0 Å². The van der Waals surface area contributed by atoms with Crippen LogP contribution in [-0.2, 0) is 15.9 Å². The largest absolute Gasteiger partial charge is 0.351 e. The van der Waals surface area contributed by atoms with E-state index in [2.05, 4.69) is 29.7 Å². The molecule has 2 amide bonds. The second-order valence-electron chi connectivity index (χ2n) is 4.65. The number of carbonyl (C=O) groups excluding carboxylic acids is 1. The van der Waals surface area contributed by atoms with Crippen molar-refractivity contribution in [3.8, 4) is 0 Å². The SMILES string of the molecule is CCOC(CNC(=O)NCCc1ccccc1C)OCC. The fourth-order valence-electron chi connectivity index (χ4n) is 1.98. The van der Waals surface area contributed by atoms with E-state index in [0.717, 1.165) is 6.42 Å². The molecule has 118 valence electrons. The molecule has 5 heteroatoms. The highest BCUT2D eigenvalue weighted by molar-refractivity contribution is 5.73. The molecule has 0 bridgehead atoms. The van der Waals surface area contributed by atoms with Gasteiger partial charge in [-0.15, -0.1) is 0 Å². The molecule has 0 spiro atoms. The fourth-order valence-corrected chi connectivity index (χ4v) is 1.98. The van der Waals surface area contributed by atoms with E-state index in [1.54, 1.807) is 0 Å². The summed E-state index contributed by atoms with van der Waals surface area (Å²) >= 11 is 0. The van der Waals surface area contributed by atoms with Crippen molar-refractivity contribution in [2.24, 2.45) is 0 Å². The lowest BCUT2D eigenvalue weighted by Gasteiger charge is -2.17. The molecule has 0 saturated heterocycles. The van der Waals surface area contributed by atoms with Gasteiger partial charge in [0.15, 0.2) is 6.29 Å². The molecule has 1 rings (SSSR count). The summed E-state index contributed by atoms with van der Waals surface area (Å²) in [5.41, 5.74) is 2.49. The summed E-state index contributed by atoms with van der Waals surface area (Å²) in [6, 6.07) is 7.98. The molecule has 0 aliphatic rings. The number of nitrogens with one attached hydrogen (secondary N) is 2. The lowest BCUT2D eigenvalue weighted by Crippen LogP contribution is -2.42. The van der Waals surface area contributed by atoms with Gasteiger partial charge in [0, 0.05) is 19.8 Å². The second-order valence-corrected chi connectivity index (χ2v) is 4.65. The minimum absolute atomic E-state index is 0.201. The molecular formula is C16H26N2O3. The maximum Gasteiger partial charge on any atom is 0.314 e. The molecule has 0 fully saturated rings. The smallest absolute Gasteiger partial charge is 0.314 e. The molecule has 0 aromatic heterocycles. The highest BCUT2D eigenvalue weighted by Gasteiger charge is 2.09. The van der Waals surface area contributed by atoms with Crippen molar-refractivity contribution in [3.05, 3.63) is 35.4 Å². The zero-order valence-corrected chi connectivity index (χ0v) is 13.1. The van der Waals surface area contributed by atoms with Gasteiger partial charge in [-0.3, -0.25) is 0 Å². The molecule has 1 aromatic carbocycles. The summed E-state index contributed by atoms with van der Waals surface area (Å²) < 4.78 is 10.7. The molecule has 0 aliphatic carbocycles. The number of rotatable bonds is 9. The Balaban J connectivity index is 2.23. The summed E-state index contributed by atoms with van der Waals surface area (Å²) in [6.45, 7) is 7.93. The molecule has 0 aliphatic heterocycles. The standard InChI is InChI=1S/C16H26N2O3/c1-4-20-15(21-5-2)12-18-16(19)17-11-10-14-9-7-6-8-13(14)3/h6-9,15H,4-5,10-12H2,1-3H3,(H2,17,18,19). The molecule has 0 atom stereocenters. The van der Waals surface area contributed by atoms with Gasteiger partial charge in [-0.2, -0.15) is 0 Å². The number of benzene rings is 1. The van der Waals surface area contributed by atoms with Crippen LogP contribution in [0.2, 0.25) is 0 Å². The monoisotopic (exact) mass is 294 g/mol. The number of amides is 2. The van der Waals surface area contributed by atoms with Crippen molar-refractivity contribution in [1.29, 1.82) is 0 Å². The van der Waals surface area contributed by atoms with E-state index in [1.165, 1.54) is 11.1 Å². The summed E-state index contributed by atoms with van der Waals surface area (Å²) in [7, 11) is 0. The number of carbonyl (C=O) groups is 1. The quantitative estimate of drug-likeness (QED) is 0.687. The first-order valence-corrected chi connectivity index (χ1v) is 7.46. The van der Waals surface area contributed by atoms with E-state index < -0.39 is 0 Å². The number of hydrogen-bond acceptors (Lipinski definition) is 3. The van der Waals surface area contributed by atoms with E-state index in [-0.39, 0.29) is 12.3 Å². The van der Waals surface area contributed by atoms with Crippen molar-refractivity contribution >= 4 is 6.03 Å². The van der Waals surface area contributed by atoms with Crippen LogP contribution in [-0.4, -0.2) is 38.6 Å². The Bertz CT molecular complexity index is 418. The van der Waals surface area contributed by atoms with Gasteiger partial charge in [0.25, 0.3) is 0 Å². The lowest BCUT2D eigenvalue weighted by atomic mass is 10.1. The molecule has 0 saturated carbocycles. The zero-order chi connectivity index (χ0) is 15.5. The van der Waals surface area contributed by atoms with Crippen LogP contribution >= 0.6 is 0 Å². The van der Waals surface area contributed by atoms with Crippen molar-refractivity contribution < 1.29 is 14.3 Å². The van der Waals surface area contributed by atoms with Gasteiger partial charge in [-0.05, 0) is 38.3 Å². The maximum atomic E-state index is 11.7. The highest BCUT2D eigenvalue weighted by Crippen LogP contribution is 2.06. The number of aryl methyl sites for hydroxylation is 1. The third-order valence-corrected chi connectivity index (χ3v) is 3.08. The Morgan fingerprint density at radius 3 is 2.43 bits per heavy atom. The molecule has 0 unspecified atom stereocenters. The van der Waals surface area contributed by atoms with Crippen LogP contribution < -0.4 is 10.6 Å². The molecule has 0 heterocycles. The van der Waals surface area contributed by atoms with Gasteiger partial charge in [-0.25, -0.2) is 4.79 Å². The lowest BCUT2D eigenvalue weighted by molar-refractivity contribution is -0.131. The van der Waals surface area contributed by atoms with Crippen LogP contribution in [0.4, 0.5) is 4.79 Å². The summed E-state index contributed by atoms with van der Waals surface area (Å²) in [5, 5.41) is 5.59. The van der Waals surface area contributed by atoms with Crippen LogP contribution in [0.5, 0.6) is 0 Å². The molecule has 5 nitrogen and oxygen atoms in total. The fraction of sp³-hybridized carbons (Fsp3) is 0.562. The Hall–Kier alpha value is -1.59. The van der Waals surface area contributed by atoms with Crippen LogP contribution in [0.15, 0.2) is 24.3 Å². The molecular weight excluding hydrogens is 268 g/mol. The summed E-state index contributed by atoms with van der Waals surface area (Å²) in [5.74, 6) is 0. The van der Waals surface area contributed by atoms with Gasteiger partial charge in [0.1, 0.15) is 0 Å². The van der Waals surface area contributed by atoms with Crippen molar-refractivity contribution in [2.45, 2.75) is 33.5 Å². The summed E-state index contributed by atoms with van der Waals surface area (Å²) in [4.78, 5) is 11.7. The molecule has 1 aromatic rings. The molecule has 21 heavy (non-hydrogen) atoms. The Morgan fingerprint density at radius 1 is 1.14 bits per heavy atom. The van der Waals surface area contributed by atoms with Crippen LogP contribution in [0.25, 0.3) is 0 Å². The van der Waals surface area contributed by atoms with Gasteiger partial charge in [0.2, 0.25) is 0 Å². The van der Waals surface area contributed by atoms with Crippen LogP contribution in [0, 0.1) is 6.92 Å². The maximum absolute atomic E-state index is 11.7. The highest BCUT2D eigenvalue weighted by atomic mass is 16.7. The van der Waals surface area contributed by atoms with E-state index in [9.17, 15) is 4.79 Å². The first kappa shape index (κ1) is 17.5. The van der Waals surface area contributed by atoms with Gasteiger partial charge in [0.05, 0.1) is 6.54 Å². The van der Waals surface area contributed by atoms with Crippen molar-refractivity contribution in [1.82, 2.24) is 10.6 Å². The van der Waals surface area contributed by atoms with E-state index in [4.69, 9.17) is 9.47 Å². The Morgan fingerprint density at radius 2 is 1.81 bits per heavy atom. The normalized spacial score (nSPS) is 10.7. The van der Waals surface area contributed by atoms with Crippen LogP contribution in [0.1, 0.15) is 25.0 Å². The molecule has 0 radical (unpaired) electrons. The average molecular weight is 294 g/mol. The zero-order valence-electron chi connectivity index (χ0n) is 13.1. The third kappa shape index (κ3) is 7.11. The van der Waals surface area contributed by atoms with Gasteiger partial charge < -0.3 is 20.1 Å². The van der Waals surface area contributed by atoms with E-state index in [0.29, 0.717) is 26.3 Å². The predicted molar refractivity (Wildman–Crippen MR) is 83.3 cm³/mol. The minimum atomic E-state index is -0.387. The average Bonchev–Trinajstić information content (AvgIpc) is 2.47. The Labute approximate surface area is 127 Å². The first-order chi connectivity index (χ1) is 10.2. The number of hydrogen-bond donors (Lipinski definition) is 2. The molecule has 2 N–H and O–H groups in total. The number of ether oxygens (including phenoxy) is 2. The van der Waals surface area contributed by atoms with Crippen molar-refractivity contribution in [3.63, 3.8) is 0 Å². The second kappa shape index (κ2) is 10.2. The van der Waals surface area contributed by atoms with E-state index in [1.807, 2.05) is 26.0 Å². The first-order valence-electron chi connectivity index (χ1n) is 7.46. The number of urea groups is 1. The minimum Gasteiger partial charge on any atom is -0.351 e. The van der Waals surface area contributed by atoms with Crippen molar-refractivity contribution in [2.75, 3.05) is 26.3 Å². The third-order valence-electron chi connectivity index (χ3n) is 3.08.